The van der Waals surface area contributed by atoms with Gasteiger partial charge in [0.15, 0.2) is 11.5 Å². The molecule has 98 valence electrons. The quantitative estimate of drug-likeness (QED) is 0.848. The topological polar surface area (TPSA) is 67.5 Å². The summed E-state index contributed by atoms with van der Waals surface area (Å²) in [5.41, 5.74) is 0.768. The molecule has 0 spiro atoms. The minimum Gasteiger partial charge on any atom is -0.481 e. The van der Waals surface area contributed by atoms with Crippen LogP contribution < -0.4 is 0 Å². The summed E-state index contributed by atoms with van der Waals surface area (Å²) in [6.45, 7) is 0. The molecule has 0 aliphatic carbocycles. The van der Waals surface area contributed by atoms with Gasteiger partial charge >= 0.3 is 5.97 Å². The van der Waals surface area contributed by atoms with Crippen LogP contribution in [0.1, 0.15) is 23.4 Å². The number of benzene rings is 1. The van der Waals surface area contributed by atoms with E-state index in [1.807, 2.05) is 6.07 Å². The average molecular weight is 279 g/mol. The van der Waals surface area contributed by atoms with Crippen molar-refractivity contribution in [3.8, 4) is 11.3 Å². The summed E-state index contributed by atoms with van der Waals surface area (Å²) in [4.78, 5) is 22.1. The molecule has 0 atom stereocenters. The van der Waals surface area contributed by atoms with Crippen LogP contribution in [0.2, 0.25) is 5.02 Å². The molecule has 2 rings (SSSR count). The van der Waals surface area contributed by atoms with Crippen molar-refractivity contribution in [3.63, 3.8) is 0 Å². The van der Waals surface area contributed by atoms with Crippen LogP contribution in [0.4, 0.5) is 0 Å². The molecule has 0 bridgehead atoms. The zero-order chi connectivity index (χ0) is 13.8. The zero-order valence-electron chi connectivity index (χ0n) is 9.93. The summed E-state index contributed by atoms with van der Waals surface area (Å²) in [6.07, 6.45) is -0.274. The van der Waals surface area contributed by atoms with Crippen LogP contribution in [-0.4, -0.2) is 16.9 Å². The van der Waals surface area contributed by atoms with Gasteiger partial charge in [0.25, 0.3) is 0 Å². The molecule has 0 aliphatic heterocycles. The Morgan fingerprint density at radius 1 is 1.16 bits per heavy atom. The second kappa shape index (κ2) is 5.71. The van der Waals surface area contributed by atoms with Crippen LogP contribution >= 0.6 is 11.6 Å². The first-order chi connectivity index (χ1) is 9.06. The van der Waals surface area contributed by atoms with Gasteiger partial charge in [0.1, 0.15) is 5.76 Å². The molecule has 1 aromatic carbocycles. The minimum absolute atomic E-state index is 0.0716. The zero-order valence-corrected chi connectivity index (χ0v) is 10.7. The van der Waals surface area contributed by atoms with Gasteiger partial charge in [-0.3, -0.25) is 9.59 Å². The lowest BCUT2D eigenvalue weighted by Gasteiger charge is -1.98. The largest absolute Gasteiger partial charge is 0.481 e. The van der Waals surface area contributed by atoms with Gasteiger partial charge < -0.3 is 9.52 Å². The van der Waals surface area contributed by atoms with Crippen molar-refractivity contribution < 1.29 is 19.1 Å². The minimum atomic E-state index is -1.00. The Morgan fingerprint density at radius 2 is 1.95 bits per heavy atom. The molecule has 1 N–H and O–H groups in total. The number of carbonyl (C=O) groups is 2. The summed E-state index contributed by atoms with van der Waals surface area (Å²) < 4.78 is 5.42. The molecule has 0 radical (unpaired) electrons. The standard InChI is InChI=1S/C14H11ClO4/c15-10-3-1-2-9(8-10)12-5-6-13(19-12)11(16)4-7-14(17)18/h1-3,5-6,8H,4,7H2,(H,17,18). The van der Waals surface area contributed by atoms with Crippen LogP contribution in [0.5, 0.6) is 0 Å². The Kier molecular flexibility index (Phi) is 4.02. The molecule has 0 saturated carbocycles. The van der Waals surface area contributed by atoms with E-state index in [4.69, 9.17) is 21.1 Å². The summed E-state index contributed by atoms with van der Waals surface area (Å²) in [5.74, 6) is -0.636. The molecule has 0 aliphatic rings. The predicted molar refractivity (Wildman–Crippen MR) is 70.4 cm³/mol. The van der Waals surface area contributed by atoms with E-state index in [0.717, 1.165) is 5.56 Å². The highest BCUT2D eigenvalue weighted by Crippen LogP contribution is 2.25. The normalized spacial score (nSPS) is 10.4. The van der Waals surface area contributed by atoms with Crippen molar-refractivity contribution in [1.29, 1.82) is 0 Å². The molecule has 2 aromatic rings. The molecule has 0 saturated heterocycles. The molecule has 0 fully saturated rings. The van der Waals surface area contributed by atoms with Gasteiger partial charge in [-0.1, -0.05) is 23.7 Å². The third-order valence-corrected chi connectivity index (χ3v) is 2.79. The van der Waals surface area contributed by atoms with Crippen molar-refractivity contribution in [3.05, 3.63) is 47.2 Å². The van der Waals surface area contributed by atoms with Gasteiger partial charge in [-0.2, -0.15) is 0 Å². The number of hydrogen-bond acceptors (Lipinski definition) is 3. The Bertz CT molecular complexity index is 615. The number of rotatable bonds is 5. The van der Waals surface area contributed by atoms with Gasteiger partial charge in [0.05, 0.1) is 6.42 Å². The van der Waals surface area contributed by atoms with Gasteiger partial charge in [-0.25, -0.2) is 0 Å². The molecular formula is C14H11ClO4. The number of aliphatic carboxylic acids is 1. The lowest BCUT2D eigenvalue weighted by atomic mass is 10.2. The van der Waals surface area contributed by atoms with Crippen LogP contribution in [-0.2, 0) is 4.79 Å². The van der Waals surface area contributed by atoms with Gasteiger partial charge in [-0.15, -0.1) is 0 Å². The summed E-state index contributed by atoms with van der Waals surface area (Å²) in [6, 6.07) is 10.3. The van der Waals surface area contributed by atoms with Crippen molar-refractivity contribution in [2.24, 2.45) is 0 Å². The number of carboxylic acids is 1. The van der Waals surface area contributed by atoms with Crippen LogP contribution in [0, 0.1) is 0 Å². The third-order valence-electron chi connectivity index (χ3n) is 2.56. The number of hydrogen-bond donors (Lipinski definition) is 1. The number of halogens is 1. The predicted octanol–water partition coefficient (Wildman–Crippen LogP) is 3.65. The fourth-order valence-corrected chi connectivity index (χ4v) is 1.82. The maximum absolute atomic E-state index is 11.7. The van der Waals surface area contributed by atoms with E-state index in [1.54, 1.807) is 30.3 Å². The first-order valence-electron chi connectivity index (χ1n) is 5.67. The van der Waals surface area contributed by atoms with E-state index < -0.39 is 5.97 Å². The lowest BCUT2D eigenvalue weighted by Crippen LogP contribution is -2.02. The van der Waals surface area contributed by atoms with E-state index in [0.29, 0.717) is 10.8 Å². The summed E-state index contributed by atoms with van der Waals surface area (Å²) in [5, 5.41) is 9.10. The molecule has 1 aromatic heterocycles. The van der Waals surface area contributed by atoms with Gasteiger partial charge in [-0.05, 0) is 24.3 Å². The fourth-order valence-electron chi connectivity index (χ4n) is 1.63. The number of ketones is 1. The van der Waals surface area contributed by atoms with Crippen molar-refractivity contribution in [1.82, 2.24) is 0 Å². The highest BCUT2D eigenvalue weighted by molar-refractivity contribution is 6.30. The molecule has 1 heterocycles. The lowest BCUT2D eigenvalue weighted by molar-refractivity contribution is -0.136. The molecule has 4 nitrogen and oxygen atoms in total. The Labute approximate surface area is 114 Å². The molecule has 5 heteroatoms. The Hall–Kier alpha value is -2.07. The maximum atomic E-state index is 11.7. The van der Waals surface area contributed by atoms with E-state index >= 15 is 0 Å². The Balaban J connectivity index is 2.15. The van der Waals surface area contributed by atoms with E-state index in [1.165, 1.54) is 0 Å². The second-order valence-electron chi connectivity index (χ2n) is 3.99. The number of Topliss-reactive ketones (excluding diaryl/α,β-unsaturated/α-hetero) is 1. The molecular weight excluding hydrogens is 268 g/mol. The summed E-state index contributed by atoms with van der Waals surface area (Å²) in [7, 11) is 0. The van der Waals surface area contributed by atoms with Crippen LogP contribution in [0.25, 0.3) is 11.3 Å². The maximum Gasteiger partial charge on any atom is 0.303 e. The molecule has 0 amide bonds. The number of carboxylic acid groups (broad SMARTS) is 1. The fraction of sp³-hybridized carbons (Fsp3) is 0.143. The van der Waals surface area contributed by atoms with E-state index in [-0.39, 0.29) is 24.4 Å². The SMILES string of the molecule is O=C(O)CCC(=O)c1ccc(-c2cccc(Cl)c2)o1. The highest BCUT2D eigenvalue weighted by atomic mass is 35.5. The van der Waals surface area contributed by atoms with E-state index in [2.05, 4.69) is 0 Å². The van der Waals surface area contributed by atoms with E-state index in [9.17, 15) is 9.59 Å². The number of furan rings is 1. The van der Waals surface area contributed by atoms with Gasteiger partial charge in [0.2, 0.25) is 0 Å². The van der Waals surface area contributed by atoms with Crippen LogP contribution in [0.15, 0.2) is 40.8 Å². The Morgan fingerprint density at radius 3 is 2.63 bits per heavy atom. The first-order valence-corrected chi connectivity index (χ1v) is 6.05. The third kappa shape index (κ3) is 3.45. The smallest absolute Gasteiger partial charge is 0.303 e. The molecule has 0 unspecified atom stereocenters. The highest BCUT2D eigenvalue weighted by Gasteiger charge is 2.13. The molecule has 19 heavy (non-hydrogen) atoms. The number of carbonyl (C=O) groups excluding carboxylic acids is 1. The monoisotopic (exact) mass is 278 g/mol. The van der Waals surface area contributed by atoms with Gasteiger partial charge in [0, 0.05) is 17.0 Å². The second-order valence-corrected chi connectivity index (χ2v) is 4.43. The first kappa shape index (κ1) is 13.4. The average Bonchev–Trinajstić information content (AvgIpc) is 2.85. The summed E-state index contributed by atoms with van der Waals surface area (Å²) >= 11 is 5.87. The van der Waals surface area contributed by atoms with Crippen molar-refractivity contribution in [2.75, 3.05) is 0 Å². The van der Waals surface area contributed by atoms with Crippen molar-refractivity contribution in [2.45, 2.75) is 12.8 Å². The van der Waals surface area contributed by atoms with Crippen LogP contribution in [0.3, 0.4) is 0 Å². The van der Waals surface area contributed by atoms with Crippen molar-refractivity contribution >= 4 is 23.4 Å².